The first kappa shape index (κ1) is 14.9. The zero-order valence-electron chi connectivity index (χ0n) is 10.5. The molecule has 98 valence electrons. The van der Waals surface area contributed by atoms with Crippen molar-refractivity contribution in [1.82, 2.24) is 0 Å². The third kappa shape index (κ3) is 5.01. The topological polar surface area (TPSA) is 49.7 Å². The second-order valence-corrected chi connectivity index (χ2v) is 4.73. The van der Waals surface area contributed by atoms with Gasteiger partial charge in [-0.2, -0.15) is 11.8 Å². The van der Waals surface area contributed by atoms with Crippen molar-refractivity contribution in [1.29, 1.82) is 0 Å². The Morgan fingerprint density at radius 3 is 2.83 bits per heavy atom. The number of aliphatic hydroxyl groups excluding tert-OH is 2. The summed E-state index contributed by atoms with van der Waals surface area (Å²) in [7, 11) is 1.61. The summed E-state index contributed by atoms with van der Waals surface area (Å²) in [6, 6.07) is 5.88. The smallest absolute Gasteiger partial charge is 0.134 e. The van der Waals surface area contributed by atoms with Crippen LogP contribution in [0, 0.1) is 11.8 Å². The lowest BCUT2D eigenvalue weighted by Crippen LogP contribution is -1.92. The molecule has 0 aliphatic carbocycles. The molecular weight excluding hydrogens is 248 g/mol. The van der Waals surface area contributed by atoms with E-state index in [1.807, 2.05) is 18.2 Å². The van der Waals surface area contributed by atoms with E-state index in [1.54, 1.807) is 18.9 Å². The molecule has 0 amide bonds. The highest BCUT2D eigenvalue weighted by atomic mass is 32.2. The summed E-state index contributed by atoms with van der Waals surface area (Å²) in [4.78, 5) is 0. The number of ether oxygens (including phenoxy) is 1. The summed E-state index contributed by atoms with van der Waals surface area (Å²) in [6.07, 6.45) is 0.817. The summed E-state index contributed by atoms with van der Waals surface area (Å²) >= 11 is 1.78. The van der Waals surface area contributed by atoms with Gasteiger partial charge >= 0.3 is 0 Å². The highest BCUT2D eigenvalue weighted by Gasteiger charge is 2.02. The van der Waals surface area contributed by atoms with Crippen molar-refractivity contribution in [2.75, 3.05) is 26.1 Å². The molecule has 1 aromatic rings. The summed E-state index contributed by atoms with van der Waals surface area (Å²) in [5, 5.41) is 17.4. The van der Waals surface area contributed by atoms with Crippen LogP contribution in [0.15, 0.2) is 18.2 Å². The molecule has 0 saturated heterocycles. The normalized spacial score (nSPS) is 9.72. The third-order valence-electron chi connectivity index (χ3n) is 2.28. The summed E-state index contributed by atoms with van der Waals surface area (Å²) in [5.41, 5.74) is 1.97. The highest BCUT2D eigenvalue weighted by Crippen LogP contribution is 2.21. The Morgan fingerprint density at radius 1 is 1.33 bits per heavy atom. The van der Waals surface area contributed by atoms with Crippen LogP contribution in [0.1, 0.15) is 17.5 Å². The van der Waals surface area contributed by atoms with Gasteiger partial charge in [0, 0.05) is 12.4 Å². The molecule has 0 unspecified atom stereocenters. The molecule has 1 rings (SSSR count). The molecule has 2 N–H and O–H groups in total. The first-order chi connectivity index (χ1) is 8.81. The second kappa shape index (κ2) is 8.87. The van der Waals surface area contributed by atoms with Crippen molar-refractivity contribution in [3.8, 4) is 17.6 Å². The number of hydrogen-bond donors (Lipinski definition) is 2. The standard InChI is InChI=1S/C14H18O3S/c1-17-14-6-5-12(11-18-9-3-8-16)10-13(14)4-2-7-15/h5-6,10,15-16H,3,7-9,11H2,1H3. The molecule has 1 aromatic carbocycles. The lowest BCUT2D eigenvalue weighted by Gasteiger charge is -2.06. The molecule has 18 heavy (non-hydrogen) atoms. The Labute approximate surface area is 112 Å². The van der Waals surface area contributed by atoms with Crippen LogP contribution in [0.3, 0.4) is 0 Å². The van der Waals surface area contributed by atoms with Crippen LogP contribution >= 0.6 is 11.8 Å². The maximum atomic E-state index is 8.72. The van der Waals surface area contributed by atoms with Gasteiger partial charge in [0.2, 0.25) is 0 Å². The largest absolute Gasteiger partial charge is 0.495 e. The van der Waals surface area contributed by atoms with Crippen molar-refractivity contribution in [3.05, 3.63) is 29.3 Å². The van der Waals surface area contributed by atoms with Gasteiger partial charge in [-0.1, -0.05) is 17.9 Å². The highest BCUT2D eigenvalue weighted by molar-refractivity contribution is 7.98. The minimum atomic E-state index is -0.154. The van der Waals surface area contributed by atoms with Crippen molar-refractivity contribution in [2.45, 2.75) is 12.2 Å². The van der Waals surface area contributed by atoms with Gasteiger partial charge in [-0.3, -0.25) is 0 Å². The van der Waals surface area contributed by atoms with Crippen LogP contribution in [0.4, 0.5) is 0 Å². The minimum absolute atomic E-state index is 0.154. The summed E-state index contributed by atoms with van der Waals surface area (Å²) in [5.74, 6) is 8.06. The molecule has 0 spiro atoms. The SMILES string of the molecule is COc1ccc(CSCCCO)cc1C#CCO. The Morgan fingerprint density at radius 2 is 2.17 bits per heavy atom. The first-order valence-corrected chi connectivity index (χ1v) is 6.92. The van der Waals surface area contributed by atoms with E-state index in [9.17, 15) is 0 Å². The predicted octanol–water partition coefficient (Wildman–Crippen LogP) is 1.65. The van der Waals surface area contributed by atoms with Crippen LogP contribution in [0.2, 0.25) is 0 Å². The third-order valence-corrected chi connectivity index (χ3v) is 3.40. The molecule has 0 radical (unpaired) electrons. The van der Waals surface area contributed by atoms with E-state index in [1.165, 1.54) is 5.56 Å². The monoisotopic (exact) mass is 266 g/mol. The van der Waals surface area contributed by atoms with Gasteiger partial charge in [0.05, 0.1) is 12.7 Å². The van der Waals surface area contributed by atoms with Crippen LogP contribution < -0.4 is 4.74 Å². The van der Waals surface area contributed by atoms with E-state index in [2.05, 4.69) is 11.8 Å². The Bertz CT molecular complexity index is 421. The maximum Gasteiger partial charge on any atom is 0.134 e. The molecular formula is C14H18O3S. The summed E-state index contributed by atoms with van der Waals surface area (Å²) in [6.45, 7) is 0.0848. The number of rotatable bonds is 6. The molecule has 0 atom stereocenters. The molecule has 0 aliphatic rings. The van der Waals surface area contributed by atoms with E-state index in [0.717, 1.165) is 29.2 Å². The zero-order valence-corrected chi connectivity index (χ0v) is 11.3. The van der Waals surface area contributed by atoms with Crippen LogP contribution in [0.5, 0.6) is 5.75 Å². The molecule has 0 aromatic heterocycles. The van der Waals surface area contributed by atoms with Crippen LogP contribution in [0.25, 0.3) is 0 Å². The van der Waals surface area contributed by atoms with Gasteiger partial charge in [-0.05, 0) is 29.9 Å². The van der Waals surface area contributed by atoms with Crippen molar-refractivity contribution in [2.24, 2.45) is 0 Å². The van der Waals surface area contributed by atoms with Crippen molar-refractivity contribution >= 4 is 11.8 Å². The number of thioether (sulfide) groups is 1. The molecule has 3 nitrogen and oxygen atoms in total. The number of aliphatic hydroxyl groups is 2. The predicted molar refractivity (Wildman–Crippen MR) is 74.8 cm³/mol. The van der Waals surface area contributed by atoms with Gasteiger partial charge < -0.3 is 14.9 Å². The number of benzene rings is 1. The fourth-order valence-corrected chi connectivity index (χ4v) is 2.33. The van der Waals surface area contributed by atoms with Gasteiger partial charge in [-0.25, -0.2) is 0 Å². The Hall–Kier alpha value is -1.15. The quantitative estimate of drug-likeness (QED) is 0.607. The lowest BCUT2D eigenvalue weighted by molar-refractivity contribution is 0.296. The average molecular weight is 266 g/mol. The Balaban J connectivity index is 2.70. The molecule has 0 saturated carbocycles. The number of hydrogen-bond acceptors (Lipinski definition) is 4. The van der Waals surface area contributed by atoms with E-state index in [-0.39, 0.29) is 13.2 Å². The fraction of sp³-hybridized carbons (Fsp3) is 0.429. The van der Waals surface area contributed by atoms with Crippen LogP contribution in [-0.2, 0) is 5.75 Å². The van der Waals surface area contributed by atoms with E-state index in [4.69, 9.17) is 14.9 Å². The fourth-order valence-electron chi connectivity index (χ4n) is 1.43. The van der Waals surface area contributed by atoms with Gasteiger partial charge in [0.25, 0.3) is 0 Å². The number of methoxy groups -OCH3 is 1. The van der Waals surface area contributed by atoms with Gasteiger partial charge in [-0.15, -0.1) is 0 Å². The molecule has 0 fully saturated rings. The lowest BCUT2D eigenvalue weighted by atomic mass is 10.1. The molecule has 0 heterocycles. The minimum Gasteiger partial charge on any atom is -0.495 e. The van der Waals surface area contributed by atoms with Crippen molar-refractivity contribution < 1.29 is 14.9 Å². The Kier molecular flexibility index (Phi) is 7.35. The molecule has 4 heteroatoms. The molecule has 0 aliphatic heterocycles. The van der Waals surface area contributed by atoms with Gasteiger partial charge in [0.15, 0.2) is 0 Å². The maximum absolute atomic E-state index is 8.72. The second-order valence-electron chi connectivity index (χ2n) is 3.62. The summed E-state index contributed by atoms with van der Waals surface area (Å²) < 4.78 is 5.22. The average Bonchev–Trinajstić information content (AvgIpc) is 2.41. The van der Waals surface area contributed by atoms with Gasteiger partial charge in [0.1, 0.15) is 12.4 Å². The van der Waals surface area contributed by atoms with E-state index in [0.29, 0.717) is 0 Å². The zero-order chi connectivity index (χ0) is 13.2. The van der Waals surface area contributed by atoms with E-state index >= 15 is 0 Å². The van der Waals surface area contributed by atoms with Crippen LogP contribution in [-0.4, -0.2) is 36.3 Å². The van der Waals surface area contributed by atoms with E-state index < -0.39 is 0 Å². The molecule has 0 bridgehead atoms. The van der Waals surface area contributed by atoms with Crippen molar-refractivity contribution in [3.63, 3.8) is 0 Å². The first-order valence-electron chi connectivity index (χ1n) is 5.77.